The minimum atomic E-state index is -1.51. The van der Waals surface area contributed by atoms with Crippen LogP contribution in [0.15, 0.2) is 48.6 Å². The normalized spacial score (nSPS) is 13.0. The Labute approximate surface area is 489 Å². The van der Waals surface area contributed by atoms with Crippen LogP contribution in [0.3, 0.4) is 0 Å². The fraction of sp³-hybridized carbons (Fsp3) is 0.843. The summed E-state index contributed by atoms with van der Waals surface area (Å²) in [5, 5.41) is 9.73. The Morgan fingerprint density at radius 1 is 0.380 bits per heavy atom. The number of rotatable bonds is 63. The van der Waals surface area contributed by atoms with Gasteiger partial charge < -0.3 is 28.5 Å². The van der Waals surface area contributed by atoms with E-state index in [1.165, 1.54) is 244 Å². The second-order valence-corrected chi connectivity index (χ2v) is 24.1. The van der Waals surface area contributed by atoms with E-state index in [2.05, 4.69) is 62.5 Å². The first-order chi connectivity index (χ1) is 38.6. The third-order valence-electron chi connectivity index (χ3n) is 15.1. The zero-order valence-electron chi connectivity index (χ0n) is 52.8. The van der Waals surface area contributed by atoms with Crippen molar-refractivity contribution < 1.29 is 42.9 Å². The molecule has 462 valence electrons. The van der Waals surface area contributed by atoms with Crippen LogP contribution in [0.4, 0.5) is 0 Å². The monoisotopic (exact) mass is 1110 g/mol. The maximum Gasteiger partial charge on any atom is 0.361 e. The Hall–Kier alpha value is -2.75. The van der Waals surface area contributed by atoms with Crippen molar-refractivity contribution in [3.8, 4) is 0 Å². The zero-order valence-corrected chi connectivity index (χ0v) is 52.8. The average Bonchev–Trinajstić information content (AvgIpc) is 3.42. The number of carboxylic acids is 1. The summed E-state index contributed by atoms with van der Waals surface area (Å²) in [7, 11) is 5.98. The second-order valence-electron chi connectivity index (χ2n) is 24.1. The molecular formula is C70H130NO8+. The van der Waals surface area contributed by atoms with Gasteiger partial charge in [0.05, 0.1) is 34.4 Å². The molecular weight excluding hydrogens is 983 g/mol. The van der Waals surface area contributed by atoms with Gasteiger partial charge in [0.1, 0.15) is 13.2 Å². The molecule has 1 N–H and O–H groups in total. The first-order valence-corrected chi connectivity index (χ1v) is 33.8. The summed E-state index contributed by atoms with van der Waals surface area (Å²) < 4.78 is 23.0. The number of quaternary nitrogens is 1. The topological polar surface area (TPSA) is 108 Å². The molecule has 0 aliphatic heterocycles. The summed E-state index contributed by atoms with van der Waals surface area (Å²) in [5.74, 6) is -1.99. The van der Waals surface area contributed by atoms with Crippen molar-refractivity contribution in [1.29, 1.82) is 0 Å². The van der Waals surface area contributed by atoms with Gasteiger partial charge in [-0.1, -0.05) is 281 Å². The highest BCUT2D eigenvalue weighted by Gasteiger charge is 2.25. The van der Waals surface area contributed by atoms with Gasteiger partial charge in [0.15, 0.2) is 6.10 Å². The fourth-order valence-corrected chi connectivity index (χ4v) is 9.84. The Morgan fingerprint density at radius 3 is 1.03 bits per heavy atom. The van der Waals surface area contributed by atoms with Gasteiger partial charge in [-0.2, -0.15) is 0 Å². The molecule has 2 unspecified atom stereocenters. The van der Waals surface area contributed by atoms with Gasteiger partial charge in [-0.05, 0) is 77.0 Å². The van der Waals surface area contributed by atoms with E-state index in [9.17, 15) is 19.5 Å². The maximum absolute atomic E-state index is 12.9. The van der Waals surface area contributed by atoms with Gasteiger partial charge in [-0.15, -0.1) is 0 Å². The number of ether oxygens (including phenoxy) is 4. The molecule has 2 atom stereocenters. The van der Waals surface area contributed by atoms with Crippen molar-refractivity contribution in [2.45, 2.75) is 334 Å². The predicted octanol–water partition coefficient (Wildman–Crippen LogP) is 20.6. The number of esters is 2. The van der Waals surface area contributed by atoms with Gasteiger partial charge in [0, 0.05) is 12.8 Å². The van der Waals surface area contributed by atoms with E-state index in [0.717, 1.165) is 51.4 Å². The number of hydrogen-bond donors (Lipinski definition) is 1. The molecule has 0 rings (SSSR count). The molecule has 0 amide bonds. The van der Waals surface area contributed by atoms with Gasteiger partial charge in [0.2, 0.25) is 0 Å². The summed E-state index contributed by atoms with van der Waals surface area (Å²) in [6, 6.07) is 0. The zero-order chi connectivity index (χ0) is 57.6. The lowest BCUT2D eigenvalue weighted by Gasteiger charge is -2.25. The molecule has 0 saturated heterocycles. The third-order valence-corrected chi connectivity index (χ3v) is 15.1. The fourth-order valence-electron chi connectivity index (χ4n) is 9.84. The first kappa shape index (κ1) is 76.2. The van der Waals surface area contributed by atoms with E-state index in [-0.39, 0.29) is 38.2 Å². The molecule has 0 heterocycles. The maximum atomic E-state index is 12.9. The van der Waals surface area contributed by atoms with Crippen LogP contribution in [-0.4, -0.2) is 87.4 Å². The SMILES string of the molecule is CCCCCCC/C=C\C/C=C\C/C=C\CCCCCCCCCCCCCCCCCCCCC(=O)OC(COC(=O)CCCCCCCCCCC/C=C\CCCCCCCCCC)COC(OCC[N+](C)(C)C)C(=O)O. The number of allylic oxidation sites excluding steroid dienone is 8. The number of unbranched alkanes of at least 4 members (excludes halogenated alkanes) is 40. The van der Waals surface area contributed by atoms with Crippen LogP contribution in [0, 0.1) is 0 Å². The van der Waals surface area contributed by atoms with E-state index in [0.29, 0.717) is 17.4 Å². The highest BCUT2D eigenvalue weighted by molar-refractivity contribution is 5.71. The molecule has 9 nitrogen and oxygen atoms in total. The number of carbonyl (C=O) groups excluding carboxylic acids is 2. The standard InChI is InChI=1S/C70H129NO8/c1-6-8-10-12-14-16-18-20-22-24-26-28-29-30-31-32-33-34-35-36-37-38-39-41-43-45-47-49-51-53-55-57-59-61-68(73)79-66(65-78-70(69(74)75)76-63-62-71(3,4)5)64-77-67(72)60-58-56-54-52-50-48-46-44-42-40-27-25-23-21-19-17-15-13-11-9-7-2/h18,20,24-27,29-30,66,70H,6-17,19,21-23,28,31-65H2,1-5H3/p+1/b20-18-,26-24-,27-25-,30-29-. The molecule has 0 aromatic heterocycles. The van der Waals surface area contributed by atoms with Crippen LogP contribution < -0.4 is 0 Å². The summed E-state index contributed by atoms with van der Waals surface area (Å²) >= 11 is 0. The Kier molecular flexibility index (Phi) is 59.2. The predicted molar refractivity (Wildman–Crippen MR) is 337 cm³/mol. The van der Waals surface area contributed by atoms with Crippen LogP contribution in [-0.2, 0) is 33.3 Å². The van der Waals surface area contributed by atoms with Crippen LogP contribution in [0.1, 0.15) is 322 Å². The molecule has 0 spiro atoms. The van der Waals surface area contributed by atoms with E-state index in [4.69, 9.17) is 18.9 Å². The summed E-state index contributed by atoms with van der Waals surface area (Å²) in [6.45, 7) is 4.91. The Morgan fingerprint density at radius 2 is 0.684 bits per heavy atom. The summed E-state index contributed by atoms with van der Waals surface area (Å²) in [5.41, 5.74) is 0. The van der Waals surface area contributed by atoms with Crippen molar-refractivity contribution in [2.75, 3.05) is 47.5 Å². The molecule has 0 aromatic carbocycles. The van der Waals surface area contributed by atoms with E-state index in [1.54, 1.807) is 0 Å². The highest BCUT2D eigenvalue weighted by atomic mass is 16.7. The van der Waals surface area contributed by atoms with Crippen molar-refractivity contribution in [3.63, 3.8) is 0 Å². The molecule has 9 heteroatoms. The number of likely N-dealkylation sites (N-methyl/N-ethyl adjacent to an activating group) is 1. The number of carbonyl (C=O) groups is 3. The number of carboxylic acid groups (broad SMARTS) is 1. The molecule has 0 aromatic rings. The van der Waals surface area contributed by atoms with Crippen LogP contribution in [0.2, 0.25) is 0 Å². The van der Waals surface area contributed by atoms with E-state index < -0.39 is 18.4 Å². The average molecular weight is 1110 g/mol. The van der Waals surface area contributed by atoms with Gasteiger partial charge in [-0.3, -0.25) is 9.59 Å². The third kappa shape index (κ3) is 62.7. The Bertz CT molecular complexity index is 1430. The minimum absolute atomic E-state index is 0.180. The Balaban J connectivity index is 4.09. The minimum Gasteiger partial charge on any atom is -0.477 e. The number of nitrogens with zero attached hydrogens (tertiary/aromatic N) is 1. The smallest absolute Gasteiger partial charge is 0.361 e. The van der Waals surface area contributed by atoms with Gasteiger partial charge in [-0.25, -0.2) is 4.79 Å². The number of aliphatic carboxylic acids is 1. The lowest BCUT2D eigenvalue weighted by molar-refractivity contribution is -0.870. The molecule has 0 bridgehead atoms. The lowest BCUT2D eigenvalue weighted by atomic mass is 10.0. The van der Waals surface area contributed by atoms with E-state index >= 15 is 0 Å². The van der Waals surface area contributed by atoms with Crippen LogP contribution >= 0.6 is 0 Å². The van der Waals surface area contributed by atoms with Crippen molar-refractivity contribution in [2.24, 2.45) is 0 Å². The number of hydrogen-bond acceptors (Lipinski definition) is 7. The second kappa shape index (κ2) is 61.3. The largest absolute Gasteiger partial charge is 0.477 e. The lowest BCUT2D eigenvalue weighted by Crippen LogP contribution is -2.40. The first-order valence-electron chi connectivity index (χ1n) is 33.8. The van der Waals surface area contributed by atoms with Crippen LogP contribution in [0.25, 0.3) is 0 Å². The highest BCUT2D eigenvalue weighted by Crippen LogP contribution is 2.18. The van der Waals surface area contributed by atoms with E-state index in [1.807, 2.05) is 21.1 Å². The molecule has 0 fully saturated rings. The van der Waals surface area contributed by atoms with Gasteiger partial charge in [0.25, 0.3) is 6.29 Å². The van der Waals surface area contributed by atoms with Crippen molar-refractivity contribution in [1.82, 2.24) is 0 Å². The summed E-state index contributed by atoms with van der Waals surface area (Å²) in [6.07, 6.45) is 75.0. The van der Waals surface area contributed by atoms with Crippen LogP contribution in [0.5, 0.6) is 0 Å². The molecule has 0 radical (unpaired) electrons. The molecule has 0 aliphatic carbocycles. The van der Waals surface area contributed by atoms with Crippen molar-refractivity contribution in [3.05, 3.63) is 48.6 Å². The van der Waals surface area contributed by atoms with Gasteiger partial charge >= 0.3 is 17.9 Å². The molecule has 0 aliphatic rings. The molecule has 79 heavy (non-hydrogen) atoms. The van der Waals surface area contributed by atoms with Crippen molar-refractivity contribution >= 4 is 17.9 Å². The molecule has 0 saturated carbocycles. The quantitative estimate of drug-likeness (QED) is 0.0211. The summed E-state index contributed by atoms with van der Waals surface area (Å²) in [4.78, 5) is 37.6.